The number of ether oxygens (including phenoxy) is 1. The zero-order valence-corrected chi connectivity index (χ0v) is 16.2. The predicted molar refractivity (Wildman–Crippen MR) is 106 cm³/mol. The molecule has 134 valence electrons. The van der Waals surface area contributed by atoms with E-state index in [1.54, 1.807) is 7.11 Å². The molecule has 0 aliphatic rings. The summed E-state index contributed by atoms with van der Waals surface area (Å²) in [7, 11) is 3.58. The highest BCUT2D eigenvalue weighted by Crippen LogP contribution is 2.21. The number of likely N-dealkylation sites (N-methyl/N-ethyl adjacent to an activating group) is 1. The van der Waals surface area contributed by atoms with Crippen molar-refractivity contribution >= 4 is 23.4 Å². The van der Waals surface area contributed by atoms with Crippen molar-refractivity contribution in [3.8, 4) is 5.75 Å². The van der Waals surface area contributed by atoms with Crippen molar-refractivity contribution in [1.29, 1.82) is 0 Å². The quantitative estimate of drug-likeness (QED) is 0.725. The lowest BCUT2D eigenvalue weighted by Gasteiger charge is -2.16. The Bertz CT molecular complexity index is 719. The van der Waals surface area contributed by atoms with E-state index in [0.29, 0.717) is 6.54 Å². The summed E-state index contributed by atoms with van der Waals surface area (Å²) in [6.07, 6.45) is 0. The number of rotatable bonds is 8. The molecule has 2 aromatic rings. The van der Waals surface area contributed by atoms with Crippen LogP contribution in [0.3, 0.4) is 0 Å². The summed E-state index contributed by atoms with van der Waals surface area (Å²) in [6.45, 7) is 5.47. The number of nitrogens with zero attached hydrogens (tertiary/aromatic N) is 1. The van der Waals surface area contributed by atoms with Crippen LogP contribution in [0.5, 0.6) is 5.75 Å². The van der Waals surface area contributed by atoms with E-state index in [1.807, 2.05) is 48.0 Å². The molecule has 1 N–H and O–H groups in total. The molecule has 0 aliphatic carbocycles. The summed E-state index contributed by atoms with van der Waals surface area (Å²) in [4.78, 5) is 15.4. The lowest BCUT2D eigenvalue weighted by Crippen LogP contribution is -2.31. The minimum Gasteiger partial charge on any atom is -0.497 e. The summed E-state index contributed by atoms with van der Waals surface area (Å²) >= 11 is 1.82. The highest BCUT2D eigenvalue weighted by molar-refractivity contribution is 7.99. The summed E-state index contributed by atoms with van der Waals surface area (Å²) in [5.74, 6) is 1.66. The maximum absolute atomic E-state index is 12.1. The first-order valence-electron chi connectivity index (χ1n) is 8.30. The van der Waals surface area contributed by atoms with Crippen LogP contribution in [0.1, 0.15) is 11.1 Å². The Kier molecular flexibility index (Phi) is 7.34. The van der Waals surface area contributed by atoms with Crippen molar-refractivity contribution in [3.05, 3.63) is 53.6 Å². The molecule has 0 aliphatic heterocycles. The third kappa shape index (κ3) is 6.44. The van der Waals surface area contributed by atoms with Gasteiger partial charge in [-0.2, -0.15) is 0 Å². The van der Waals surface area contributed by atoms with Crippen LogP contribution in [-0.2, 0) is 4.79 Å². The first kappa shape index (κ1) is 19.3. The molecule has 0 bridgehead atoms. The Hall–Kier alpha value is -1.98. The van der Waals surface area contributed by atoms with Gasteiger partial charge in [0.15, 0.2) is 0 Å². The van der Waals surface area contributed by atoms with Gasteiger partial charge in [0.2, 0.25) is 5.91 Å². The Balaban J connectivity index is 1.74. The average Bonchev–Trinajstić information content (AvgIpc) is 2.58. The molecule has 0 heterocycles. The number of nitrogens with one attached hydrogen (secondary N) is 1. The first-order chi connectivity index (χ1) is 12.0. The maximum atomic E-state index is 12.1. The highest BCUT2D eigenvalue weighted by atomic mass is 32.2. The largest absolute Gasteiger partial charge is 0.497 e. The number of methoxy groups -OCH3 is 1. The van der Waals surface area contributed by atoms with Crippen LogP contribution >= 0.6 is 11.8 Å². The fourth-order valence-electron chi connectivity index (χ4n) is 2.35. The number of carbonyl (C=O) groups excluding carboxylic acids is 1. The number of thioether (sulfide) groups is 1. The number of hydrogen-bond donors (Lipinski definition) is 1. The average molecular weight is 359 g/mol. The summed E-state index contributed by atoms with van der Waals surface area (Å²) in [5, 5.41) is 2.90. The van der Waals surface area contributed by atoms with E-state index in [-0.39, 0.29) is 5.91 Å². The van der Waals surface area contributed by atoms with Crippen LogP contribution in [0.4, 0.5) is 5.69 Å². The van der Waals surface area contributed by atoms with Gasteiger partial charge in [0.05, 0.1) is 13.7 Å². The molecule has 0 fully saturated rings. The zero-order chi connectivity index (χ0) is 18.2. The van der Waals surface area contributed by atoms with Crippen molar-refractivity contribution in [3.63, 3.8) is 0 Å². The van der Waals surface area contributed by atoms with E-state index in [0.717, 1.165) is 23.7 Å². The van der Waals surface area contributed by atoms with Crippen LogP contribution in [0.2, 0.25) is 0 Å². The third-order valence-electron chi connectivity index (χ3n) is 3.99. The van der Waals surface area contributed by atoms with Crippen LogP contribution in [0, 0.1) is 13.8 Å². The van der Waals surface area contributed by atoms with Gasteiger partial charge in [0, 0.05) is 28.9 Å². The van der Waals surface area contributed by atoms with Gasteiger partial charge in [-0.15, -0.1) is 11.8 Å². The molecular formula is C20H26N2O2S. The second-order valence-electron chi connectivity index (χ2n) is 6.11. The van der Waals surface area contributed by atoms with E-state index in [1.165, 1.54) is 16.0 Å². The Morgan fingerprint density at radius 1 is 1.16 bits per heavy atom. The van der Waals surface area contributed by atoms with E-state index in [2.05, 4.69) is 37.4 Å². The summed E-state index contributed by atoms with van der Waals surface area (Å²) in [6, 6.07) is 13.9. The molecule has 0 saturated heterocycles. The molecule has 4 nitrogen and oxygen atoms in total. The van der Waals surface area contributed by atoms with Gasteiger partial charge >= 0.3 is 0 Å². The number of hydrogen-bond acceptors (Lipinski definition) is 4. The molecule has 0 spiro atoms. The minimum absolute atomic E-state index is 0.0214. The lowest BCUT2D eigenvalue weighted by atomic mass is 10.1. The van der Waals surface area contributed by atoms with Crippen molar-refractivity contribution in [2.75, 3.05) is 38.3 Å². The van der Waals surface area contributed by atoms with Gasteiger partial charge in [-0.3, -0.25) is 9.69 Å². The number of benzene rings is 2. The third-order valence-corrected chi connectivity index (χ3v) is 4.96. The van der Waals surface area contributed by atoms with E-state index < -0.39 is 0 Å². The fraction of sp³-hybridized carbons (Fsp3) is 0.350. The summed E-state index contributed by atoms with van der Waals surface area (Å²) < 4.78 is 5.16. The van der Waals surface area contributed by atoms with E-state index >= 15 is 0 Å². The van der Waals surface area contributed by atoms with Crippen molar-refractivity contribution in [2.24, 2.45) is 0 Å². The molecule has 1 amide bonds. The van der Waals surface area contributed by atoms with Crippen LogP contribution in [0.25, 0.3) is 0 Å². The fourth-order valence-corrected chi connectivity index (χ4v) is 3.41. The number of anilines is 1. The van der Waals surface area contributed by atoms with Crippen molar-refractivity contribution in [1.82, 2.24) is 4.90 Å². The number of amides is 1. The van der Waals surface area contributed by atoms with Gasteiger partial charge in [-0.05, 0) is 56.3 Å². The summed E-state index contributed by atoms with van der Waals surface area (Å²) in [5.41, 5.74) is 3.38. The Morgan fingerprint density at radius 3 is 2.68 bits per heavy atom. The van der Waals surface area contributed by atoms with Gasteiger partial charge in [-0.25, -0.2) is 0 Å². The van der Waals surface area contributed by atoms with Gasteiger partial charge in [0.1, 0.15) is 5.75 Å². The van der Waals surface area contributed by atoms with Gasteiger partial charge in [-0.1, -0.05) is 12.1 Å². The standard InChI is InChI=1S/C20H26N2O2S/c1-15-8-9-19(12-16(15)2)25-11-10-22(3)14-20(23)21-17-6-5-7-18(13-17)24-4/h5-9,12-13H,10-11,14H2,1-4H3,(H,21,23). The van der Waals surface area contributed by atoms with Gasteiger partial charge in [0.25, 0.3) is 0 Å². The predicted octanol–water partition coefficient (Wildman–Crippen LogP) is 3.97. The normalized spacial score (nSPS) is 10.8. The Morgan fingerprint density at radius 2 is 1.96 bits per heavy atom. The highest BCUT2D eigenvalue weighted by Gasteiger charge is 2.08. The van der Waals surface area contributed by atoms with Crippen LogP contribution in [0.15, 0.2) is 47.4 Å². The van der Waals surface area contributed by atoms with Crippen LogP contribution in [-0.4, -0.2) is 43.8 Å². The molecule has 25 heavy (non-hydrogen) atoms. The van der Waals surface area contributed by atoms with Crippen LogP contribution < -0.4 is 10.1 Å². The smallest absolute Gasteiger partial charge is 0.238 e. The van der Waals surface area contributed by atoms with Crippen molar-refractivity contribution in [2.45, 2.75) is 18.7 Å². The first-order valence-corrected chi connectivity index (χ1v) is 9.29. The second-order valence-corrected chi connectivity index (χ2v) is 7.28. The van der Waals surface area contributed by atoms with Gasteiger partial charge < -0.3 is 10.1 Å². The zero-order valence-electron chi connectivity index (χ0n) is 15.3. The molecule has 0 unspecified atom stereocenters. The van der Waals surface area contributed by atoms with E-state index in [9.17, 15) is 4.79 Å². The lowest BCUT2D eigenvalue weighted by molar-refractivity contribution is -0.117. The Labute approximate surface area is 154 Å². The molecule has 0 saturated carbocycles. The second kappa shape index (κ2) is 9.49. The molecular weight excluding hydrogens is 332 g/mol. The van der Waals surface area contributed by atoms with E-state index in [4.69, 9.17) is 4.74 Å². The molecule has 0 radical (unpaired) electrons. The molecule has 2 aromatic carbocycles. The number of aryl methyl sites for hydroxylation is 2. The maximum Gasteiger partial charge on any atom is 0.238 e. The topological polar surface area (TPSA) is 41.6 Å². The van der Waals surface area contributed by atoms with Crippen molar-refractivity contribution < 1.29 is 9.53 Å². The molecule has 0 atom stereocenters. The SMILES string of the molecule is COc1cccc(NC(=O)CN(C)CCSc2ccc(C)c(C)c2)c1. The molecule has 2 rings (SSSR count). The molecule has 0 aromatic heterocycles. The monoisotopic (exact) mass is 358 g/mol. The molecule has 5 heteroatoms. The minimum atomic E-state index is -0.0214. The number of carbonyl (C=O) groups is 1.